The molecule has 2 aromatic heterocycles. The summed E-state index contributed by atoms with van der Waals surface area (Å²) in [6, 6.07) is 7.93. The van der Waals surface area contributed by atoms with Gasteiger partial charge in [-0.15, -0.1) is 0 Å². The number of fused-ring (bicyclic) bond motifs is 2. The number of aromatic nitrogens is 2. The van der Waals surface area contributed by atoms with Crippen molar-refractivity contribution in [3.05, 3.63) is 52.4 Å². The first-order valence-electron chi connectivity index (χ1n) is 5.83. The molecule has 0 atom stereocenters. The van der Waals surface area contributed by atoms with E-state index in [1.54, 1.807) is 18.2 Å². The van der Waals surface area contributed by atoms with Gasteiger partial charge in [0, 0.05) is 6.20 Å². The zero-order valence-corrected chi connectivity index (χ0v) is 13.5. The molecule has 1 aromatic carbocycles. The molecule has 0 unspecified atom stereocenters. The molecular weight excluding hydrogens is 283 g/mol. The first-order chi connectivity index (χ1) is 9.60. The molecule has 7 heteroatoms. The van der Waals surface area contributed by atoms with Gasteiger partial charge in [-0.25, -0.2) is 9.78 Å². The Morgan fingerprint density at radius 3 is 2.76 bits per heavy atom. The smallest absolute Gasteiger partial charge is 1.00 e. The van der Waals surface area contributed by atoms with Gasteiger partial charge in [-0.1, -0.05) is 0 Å². The number of ether oxygens (including phenoxy) is 1. The number of benzene rings is 1. The van der Waals surface area contributed by atoms with E-state index in [0.29, 0.717) is 22.3 Å². The van der Waals surface area contributed by atoms with Crippen molar-refractivity contribution in [1.82, 2.24) is 9.38 Å². The van der Waals surface area contributed by atoms with Crippen molar-refractivity contribution in [2.45, 2.75) is 0 Å². The molecule has 6 nitrogen and oxygen atoms in total. The number of carboxylic acids is 1. The zero-order valence-electron chi connectivity index (χ0n) is 12.5. The predicted octanol–water partition coefficient (Wildman–Crippen LogP) is -1.33. The third-order valence-electron chi connectivity index (χ3n) is 3.06. The van der Waals surface area contributed by atoms with Crippen LogP contribution in [-0.2, 0) is 0 Å². The molecule has 21 heavy (non-hydrogen) atoms. The summed E-state index contributed by atoms with van der Waals surface area (Å²) >= 11 is 0. The number of rotatable bonds is 2. The van der Waals surface area contributed by atoms with Crippen LogP contribution in [0, 0.1) is 0 Å². The summed E-state index contributed by atoms with van der Waals surface area (Å²) in [4.78, 5) is 27.7. The minimum Gasteiger partial charge on any atom is -1.00 e. The molecule has 0 fully saturated rings. The molecule has 0 amide bonds. The summed E-state index contributed by atoms with van der Waals surface area (Å²) < 4.78 is 6.31. The Morgan fingerprint density at radius 2 is 2.10 bits per heavy atom. The topological polar surface area (TPSA) is 80.9 Å². The summed E-state index contributed by atoms with van der Waals surface area (Å²) in [5.41, 5.74) is 0.646. The number of carboxylic acid groups (broad SMARTS) is 1. The van der Waals surface area contributed by atoms with E-state index in [1.807, 2.05) is 0 Å². The van der Waals surface area contributed by atoms with Crippen LogP contribution in [0.1, 0.15) is 11.8 Å². The molecule has 0 bridgehead atoms. The van der Waals surface area contributed by atoms with Gasteiger partial charge in [-0.3, -0.25) is 9.20 Å². The maximum absolute atomic E-state index is 12.4. The van der Waals surface area contributed by atoms with Gasteiger partial charge in [0.15, 0.2) is 0 Å². The maximum atomic E-state index is 12.4. The first-order valence-corrected chi connectivity index (χ1v) is 5.83. The quantitative estimate of drug-likeness (QED) is 0.468. The first kappa shape index (κ1) is 15.5. The van der Waals surface area contributed by atoms with Crippen LogP contribution in [0.3, 0.4) is 0 Å². The van der Waals surface area contributed by atoms with E-state index in [4.69, 9.17) is 9.84 Å². The molecule has 2 heterocycles. The Hall–Kier alpha value is -1.89. The molecule has 0 saturated heterocycles. The molecule has 0 aliphatic heterocycles. The number of methoxy groups -OCH3 is 1. The molecule has 0 aliphatic rings. The SMILES string of the molecule is COc1ccc2nc3ccc(C(=O)O)cn3c(=O)c2c1.[H-].[Na+]. The van der Waals surface area contributed by atoms with Crippen LogP contribution >= 0.6 is 0 Å². The number of aromatic carboxylic acids is 1. The van der Waals surface area contributed by atoms with Gasteiger partial charge in [0.25, 0.3) is 5.56 Å². The van der Waals surface area contributed by atoms with Crippen LogP contribution in [0.4, 0.5) is 0 Å². The predicted molar refractivity (Wildman–Crippen MR) is 73.6 cm³/mol. The third-order valence-corrected chi connectivity index (χ3v) is 3.06. The second-order valence-corrected chi connectivity index (χ2v) is 4.25. The minimum absolute atomic E-state index is 0. The van der Waals surface area contributed by atoms with Crippen LogP contribution in [0.15, 0.2) is 41.3 Å². The van der Waals surface area contributed by atoms with Crippen molar-refractivity contribution >= 4 is 22.5 Å². The summed E-state index contributed by atoms with van der Waals surface area (Å²) in [6.07, 6.45) is 1.27. The molecule has 3 aromatic rings. The van der Waals surface area contributed by atoms with E-state index in [-0.39, 0.29) is 42.1 Å². The van der Waals surface area contributed by atoms with Gasteiger partial charge in [0.2, 0.25) is 0 Å². The average molecular weight is 294 g/mol. The van der Waals surface area contributed by atoms with Crippen LogP contribution in [-0.4, -0.2) is 27.6 Å². The van der Waals surface area contributed by atoms with Gasteiger partial charge >= 0.3 is 35.5 Å². The van der Waals surface area contributed by atoms with Gasteiger partial charge in [0.05, 0.1) is 23.6 Å². The Balaban J connectivity index is 0.00000121. The van der Waals surface area contributed by atoms with Crippen LogP contribution in [0.25, 0.3) is 16.6 Å². The molecule has 0 radical (unpaired) electrons. The van der Waals surface area contributed by atoms with Gasteiger partial charge in [-0.05, 0) is 30.3 Å². The largest absolute Gasteiger partial charge is 1.00 e. The summed E-state index contributed by atoms with van der Waals surface area (Å²) in [5.74, 6) is -0.546. The molecule has 1 N–H and O–H groups in total. The molecular formula is C14H11N2NaO4. The van der Waals surface area contributed by atoms with Crippen molar-refractivity contribution in [3.8, 4) is 5.75 Å². The summed E-state index contributed by atoms with van der Waals surface area (Å²) in [7, 11) is 1.51. The van der Waals surface area contributed by atoms with Crippen molar-refractivity contribution in [1.29, 1.82) is 0 Å². The maximum Gasteiger partial charge on any atom is 1.00 e. The van der Waals surface area contributed by atoms with Crippen LogP contribution < -0.4 is 39.9 Å². The fourth-order valence-corrected chi connectivity index (χ4v) is 2.04. The van der Waals surface area contributed by atoms with E-state index in [0.717, 1.165) is 0 Å². The number of hydrogen-bond acceptors (Lipinski definition) is 4. The summed E-state index contributed by atoms with van der Waals surface area (Å²) in [5, 5.41) is 9.35. The van der Waals surface area contributed by atoms with E-state index in [9.17, 15) is 9.59 Å². The van der Waals surface area contributed by atoms with E-state index in [2.05, 4.69) is 4.98 Å². The second-order valence-electron chi connectivity index (χ2n) is 4.25. The number of nitrogens with zero attached hydrogens (tertiary/aromatic N) is 2. The standard InChI is InChI=1S/C14H10N2O4.Na.H/c1-20-9-3-4-11-10(6-9)13(17)16-7-8(14(18)19)2-5-12(16)15-11;;/h2-7H,1H3,(H,18,19);;/q;+1;-1. The third kappa shape index (κ3) is 2.65. The van der Waals surface area contributed by atoms with E-state index in [1.165, 1.54) is 29.8 Å². The number of pyridine rings is 1. The van der Waals surface area contributed by atoms with Crippen LogP contribution in [0.5, 0.6) is 5.75 Å². The Labute approximate surface area is 142 Å². The Bertz CT molecular complexity index is 910. The minimum atomic E-state index is -1.09. The van der Waals surface area contributed by atoms with E-state index >= 15 is 0 Å². The van der Waals surface area contributed by atoms with Gasteiger partial charge < -0.3 is 11.3 Å². The Kier molecular flexibility index (Phi) is 4.32. The second kappa shape index (κ2) is 5.85. The van der Waals surface area contributed by atoms with E-state index < -0.39 is 5.97 Å². The molecule has 102 valence electrons. The zero-order chi connectivity index (χ0) is 14.3. The molecule has 3 rings (SSSR count). The Morgan fingerprint density at radius 1 is 1.33 bits per heavy atom. The fourth-order valence-electron chi connectivity index (χ4n) is 2.04. The van der Waals surface area contributed by atoms with Crippen molar-refractivity contribution < 1.29 is 45.6 Å². The van der Waals surface area contributed by atoms with Gasteiger partial charge in [0.1, 0.15) is 11.4 Å². The average Bonchev–Trinajstić information content (AvgIpc) is 2.47. The molecule has 0 aliphatic carbocycles. The fraction of sp³-hybridized carbons (Fsp3) is 0.0714. The summed E-state index contributed by atoms with van der Waals surface area (Å²) in [6.45, 7) is 0. The number of hydrogen-bond donors (Lipinski definition) is 1. The van der Waals surface area contributed by atoms with Crippen molar-refractivity contribution in [2.75, 3.05) is 7.11 Å². The normalized spacial score (nSPS) is 10.3. The monoisotopic (exact) mass is 294 g/mol. The molecule has 0 saturated carbocycles. The number of carbonyl (C=O) groups is 1. The molecule has 0 spiro atoms. The van der Waals surface area contributed by atoms with Crippen LogP contribution in [0.2, 0.25) is 0 Å². The van der Waals surface area contributed by atoms with Crippen molar-refractivity contribution in [2.24, 2.45) is 0 Å². The van der Waals surface area contributed by atoms with Gasteiger partial charge in [-0.2, -0.15) is 0 Å². The van der Waals surface area contributed by atoms with Crippen molar-refractivity contribution in [3.63, 3.8) is 0 Å².